The molecule has 68 heavy (non-hydrogen) atoms. The van der Waals surface area contributed by atoms with Gasteiger partial charge in [0.05, 0.1) is 13.2 Å². The summed E-state index contributed by atoms with van der Waals surface area (Å²) in [6.07, 6.45) is 82.1. The predicted octanol–water partition coefficient (Wildman–Crippen LogP) is 19.1. The van der Waals surface area contributed by atoms with E-state index in [-0.39, 0.29) is 25.2 Å². The Bertz CT molecular complexity index is 1430. The molecule has 0 aliphatic carbocycles. The van der Waals surface area contributed by atoms with E-state index < -0.39 is 6.10 Å². The summed E-state index contributed by atoms with van der Waals surface area (Å²) in [7, 11) is 0. The van der Waals surface area contributed by atoms with Crippen LogP contribution in [0.4, 0.5) is 0 Å². The summed E-state index contributed by atoms with van der Waals surface area (Å²) in [4.78, 5) is 25.5. The standard InChI is InChI=1S/C63H102O5/c1-4-7-10-13-16-19-22-25-28-31-32-34-35-38-41-44-47-50-53-56-62(64)67-60-61(59-66-58-55-52-49-46-43-40-37-30-27-24-21-18-15-12-9-6-3)68-63(65)57-54-51-48-45-42-39-36-33-29-26-23-20-17-14-11-8-5-2/h8-9,11-12,17-18,20-21,25-30,36,39-40,43,45,48-49,52,61H,4-7,10,13-16,19,22-24,31-35,37-38,41-42,44,46-47,50-51,53-60H2,1-3H3/b11-8-,12-9-,20-17-,21-18-,28-25-,29-26-,30-27-,39-36-,43-40-,48-45-,52-49-. The van der Waals surface area contributed by atoms with Crippen molar-refractivity contribution in [1.29, 1.82) is 0 Å². The molecule has 0 fully saturated rings. The number of esters is 2. The van der Waals surface area contributed by atoms with E-state index in [1.165, 1.54) is 89.9 Å². The average Bonchev–Trinajstić information content (AvgIpc) is 3.34. The lowest BCUT2D eigenvalue weighted by atomic mass is 10.1. The first-order valence-corrected chi connectivity index (χ1v) is 27.7. The van der Waals surface area contributed by atoms with Crippen LogP contribution in [0.2, 0.25) is 0 Å². The Morgan fingerprint density at radius 1 is 0.338 bits per heavy atom. The van der Waals surface area contributed by atoms with Crippen molar-refractivity contribution in [3.05, 3.63) is 134 Å². The second kappa shape index (κ2) is 57.4. The summed E-state index contributed by atoms with van der Waals surface area (Å²) in [5.74, 6) is -0.514. The van der Waals surface area contributed by atoms with Crippen LogP contribution in [0.1, 0.15) is 226 Å². The maximum absolute atomic E-state index is 12.8. The Morgan fingerprint density at radius 2 is 0.676 bits per heavy atom. The van der Waals surface area contributed by atoms with E-state index in [4.69, 9.17) is 14.2 Å². The molecule has 0 saturated carbocycles. The monoisotopic (exact) mass is 939 g/mol. The van der Waals surface area contributed by atoms with Crippen molar-refractivity contribution in [3.63, 3.8) is 0 Å². The van der Waals surface area contributed by atoms with E-state index in [0.717, 1.165) is 96.3 Å². The van der Waals surface area contributed by atoms with Crippen LogP contribution < -0.4 is 0 Å². The van der Waals surface area contributed by atoms with Gasteiger partial charge in [-0.2, -0.15) is 0 Å². The molecule has 0 rings (SSSR count). The van der Waals surface area contributed by atoms with E-state index >= 15 is 0 Å². The Morgan fingerprint density at radius 3 is 1.12 bits per heavy atom. The molecule has 0 aliphatic rings. The van der Waals surface area contributed by atoms with Crippen molar-refractivity contribution in [2.24, 2.45) is 0 Å². The van der Waals surface area contributed by atoms with E-state index in [0.29, 0.717) is 25.9 Å². The largest absolute Gasteiger partial charge is 0.462 e. The van der Waals surface area contributed by atoms with Gasteiger partial charge in [-0.15, -0.1) is 0 Å². The summed E-state index contributed by atoms with van der Waals surface area (Å²) < 4.78 is 17.3. The number of carbonyl (C=O) groups is 2. The van der Waals surface area contributed by atoms with E-state index in [1.54, 1.807) is 0 Å². The van der Waals surface area contributed by atoms with Gasteiger partial charge in [0, 0.05) is 12.8 Å². The Labute approximate surface area is 419 Å². The van der Waals surface area contributed by atoms with Crippen LogP contribution in [0.25, 0.3) is 0 Å². The smallest absolute Gasteiger partial charge is 0.306 e. The van der Waals surface area contributed by atoms with Crippen molar-refractivity contribution >= 4 is 11.9 Å². The number of ether oxygens (including phenoxy) is 3. The number of rotatable bonds is 49. The highest BCUT2D eigenvalue weighted by atomic mass is 16.6. The quantitative estimate of drug-likeness (QED) is 0.0345. The molecule has 0 aromatic heterocycles. The van der Waals surface area contributed by atoms with Gasteiger partial charge in [-0.1, -0.05) is 231 Å². The van der Waals surface area contributed by atoms with Gasteiger partial charge >= 0.3 is 11.9 Å². The van der Waals surface area contributed by atoms with E-state index in [1.807, 2.05) is 0 Å². The molecule has 0 saturated heterocycles. The number of hydrogen-bond donors (Lipinski definition) is 0. The molecule has 0 bridgehead atoms. The summed E-state index contributed by atoms with van der Waals surface area (Å²) in [6.45, 7) is 7.32. The predicted molar refractivity (Wildman–Crippen MR) is 297 cm³/mol. The van der Waals surface area contributed by atoms with Crippen LogP contribution >= 0.6 is 0 Å². The van der Waals surface area contributed by atoms with Crippen LogP contribution in [-0.4, -0.2) is 37.9 Å². The summed E-state index contributed by atoms with van der Waals surface area (Å²) in [5, 5.41) is 0. The number of hydrogen-bond acceptors (Lipinski definition) is 5. The highest BCUT2D eigenvalue weighted by molar-refractivity contribution is 5.70. The molecule has 5 nitrogen and oxygen atoms in total. The van der Waals surface area contributed by atoms with Gasteiger partial charge in [0.15, 0.2) is 6.10 Å². The molecule has 0 radical (unpaired) electrons. The average molecular weight is 940 g/mol. The third-order valence-corrected chi connectivity index (χ3v) is 11.2. The van der Waals surface area contributed by atoms with E-state index in [2.05, 4.69) is 154 Å². The Balaban J connectivity index is 4.47. The highest BCUT2D eigenvalue weighted by Crippen LogP contribution is 2.13. The van der Waals surface area contributed by atoms with Crippen molar-refractivity contribution < 1.29 is 23.8 Å². The summed E-state index contributed by atoms with van der Waals surface area (Å²) >= 11 is 0. The summed E-state index contributed by atoms with van der Waals surface area (Å²) in [5.41, 5.74) is 0. The lowest BCUT2D eigenvalue weighted by Crippen LogP contribution is -2.30. The number of carbonyl (C=O) groups excluding carboxylic acids is 2. The second-order valence-corrected chi connectivity index (χ2v) is 17.7. The van der Waals surface area contributed by atoms with Crippen molar-refractivity contribution in [2.45, 2.75) is 232 Å². The minimum Gasteiger partial charge on any atom is -0.462 e. The lowest BCUT2D eigenvalue weighted by Gasteiger charge is -2.18. The lowest BCUT2D eigenvalue weighted by molar-refractivity contribution is -0.162. The van der Waals surface area contributed by atoms with Crippen molar-refractivity contribution in [1.82, 2.24) is 0 Å². The molecule has 0 heterocycles. The van der Waals surface area contributed by atoms with Crippen LogP contribution in [0.15, 0.2) is 134 Å². The topological polar surface area (TPSA) is 61.8 Å². The maximum atomic E-state index is 12.8. The molecule has 5 heteroatoms. The molecule has 0 spiro atoms. The van der Waals surface area contributed by atoms with Crippen LogP contribution in [-0.2, 0) is 23.8 Å². The Kier molecular flexibility index (Phi) is 54.0. The first-order chi connectivity index (χ1) is 33.6. The molecule has 0 aromatic carbocycles. The molecule has 1 unspecified atom stereocenters. The Hall–Kier alpha value is -3.96. The highest BCUT2D eigenvalue weighted by Gasteiger charge is 2.17. The number of allylic oxidation sites excluding steroid dienone is 21. The fraction of sp³-hybridized carbons (Fsp3) is 0.619. The zero-order valence-corrected chi connectivity index (χ0v) is 44.1. The van der Waals surface area contributed by atoms with Crippen LogP contribution in [0.5, 0.6) is 0 Å². The van der Waals surface area contributed by atoms with Crippen molar-refractivity contribution in [3.8, 4) is 0 Å². The fourth-order valence-corrected chi connectivity index (χ4v) is 7.13. The zero-order valence-electron chi connectivity index (χ0n) is 44.1. The molecular weight excluding hydrogens is 837 g/mol. The zero-order chi connectivity index (χ0) is 49.2. The third-order valence-electron chi connectivity index (χ3n) is 11.2. The molecule has 384 valence electrons. The first-order valence-electron chi connectivity index (χ1n) is 27.7. The normalized spacial score (nSPS) is 13.3. The third kappa shape index (κ3) is 54.6. The molecular formula is C63H102O5. The minimum absolute atomic E-state index is 0.0237. The van der Waals surface area contributed by atoms with Crippen LogP contribution in [0, 0.1) is 0 Å². The van der Waals surface area contributed by atoms with Gasteiger partial charge in [0.2, 0.25) is 0 Å². The molecule has 0 aromatic rings. The fourth-order valence-electron chi connectivity index (χ4n) is 7.13. The number of unbranched alkanes of at least 4 members (excludes halogenated alkanes) is 16. The van der Waals surface area contributed by atoms with Gasteiger partial charge in [-0.25, -0.2) is 0 Å². The maximum Gasteiger partial charge on any atom is 0.306 e. The van der Waals surface area contributed by atoms with Crippen LogP contribution in [0.3, 0.4) is 0 Å². The van der Waals surface area contributed by atoms with Gasteiger partial charge in [0.25, 0.3) is 0 Å². The van der Waals surface area contributed by atoms with Gasteiger partial charge in [-0.3, -0.25) is 9.59 Å². The van der Waals surface area contributed by atoms with Gasteiger partial charge in [-0.05, 0) is 116 Å². The second-order valence-electron chi connectivity index (χ2n) is 17.7. The summed E-state index contributed by atoms with van der Waals surface area (Å²) in [6, 6.07) is 0. The van der Waals surface area contributed by atoms with Crippen molar-refractivity contribution in [2.75, 3.05) is 19.8 Å². The van der Waals surface area contributed by atoms with Gasteiger partial charge in [0.1, 0.15) is 6.61 Å². The van der Waals surface area contributed by atoms with E-state index in [9.17, 15) is 9.59 Å². The first kappa shape index (κ1) is 64.0. The SMILES string of the molecule is CC/C=C\C/C=C\C/C=C\C/C=C\C/C=C\CCCC(=O)OC(COCC/C=C\C/C=C\C/C=C\C/C=C\C/C=C\CC)COC(=O)CCCCCCCCCCC/C=C\CCCCCCCC. The minimum atomic E-state index is -0.616. The molecule has 1 atom stereocenters. The van der Waals surface area contributed by atoms with Gasteiger partial charge < -0.3 is 14.2 Å². The molecule has 0 amide bonds. The molecule has 0 aliphatic heterocycles. The molecule has 0 N–H and O–H groups in total.